The Kier molecular flexibility index (Phi) is 11.3. The van der Waals surface area contributed by atoms with Crippen LogP contribution in [0.3, 0.4) is 0 Å². The smallest absolute Gasteiger partial charge is 0.488 e. The summed E-state index contributed by atoms with van der Waals surface area (Å²) in [5, 5.41) is 24.7. The number of benzene rings is 3. The average molecular weight is 649 g/mol. The Morgan fingerprint density at radius 1 is 1.00 bits per heavy atom. The molecule has 2 aliphatic heterocycles. The Bertz CT molecular complexity index is 1540. The minimum atomic E-state index is -1.58. The number of hydrogen-bond donors (Lipinski definition) is 6. The lowest BCUT2D eigenvalue weighted by molar-refractivity contribution is -0.121. The van der Waals surface area contributed by atoms with Crippen LogP contribution >= 0.6 is 11.6 Å². The number of carbonyl (C=O) groups excluding carboxylic acids is 2. The molecule has 2 aliphatic rings. The molecule has 14 heteroatoms. The summed E-state index contributed by atoms with van der Waals surface area (Å²) in [7, 11) is -1.58. The molecule has 0 aromatic heterocycles. The van der Waals surface area contributed by atoms with E-state index >= 15 is 0 Å². The zero-order valence-corrected chi connectivity index (χ0v) is 26.5. The van der Waals surface area contributed by atoms with Gasteiger partial charge in [-0.2, -0.15) is 0 Å². The molecular formula is C32H38BClN6O6. The fraction of sp³-hybridized carbons (Fsp3) is 0.344. The molecule has 5 rings (SSSR count). The molecule has 3 atom stereocenters. The summed E-state index contributed by atoms with van der Waals surface area (Å²) in [6.45, 7) is 5.68. The van der Waals surface area contributed by atoms with Gasteiger partial charge in [0, 0.05) is 40.5 Å². The highest BCUT2D eigenvalue weighted by Gasteiger charge is 2.40. The summed E-state index contributed by atoms with van der Waals surface area (Å²) >= 11 is 6.21. The summed E-state index contributed by atoms with van der Waals surface area (Å²) in [5.74, 6) is 0.287. The molecule has 2 unspecified atom stereocenters. The topological polar surface area (TPSA) is 157 Å². The normalized spacial score (nSPS) is 18.6. The predicted molar refractivity (Wildman–Crippen MR) is 178 cm³/mol. The zero-order chi connectivity index (χ0) is 32.6. The molecule has 0 aliphatic carbocycles. The Labute approximate surface area is 273 Å². The van der Waals surface area contributed by atoms with Gasteiger partial charge >= 0.3 is 7.12 Å². The number of nitrogens with one attached hydrogen (secondary N) is 4. The number of aliphatic imine (C=N–C) groups is 1. The summed E-state index contributed by atoms with van der Waals surface area (Å²) in [4.78, 5) is 32.4. The minimum absolute atomic E-state index is 0.0614. The zero-order valence-electron chi connectivity index (χ0n) is 25.7. The number of nitrogens with zero attached hydrogens (tertiary/aromatic N) is 2. The van der Waals surface area contributed by atoms with Crippen molar-refractivity contribution in [3.05, 3.63) is 88.4 Å². The van der Waals surface area contributed by atoms with E-state index in [-0.39, 0.29) is 43.2 Å². The number of ether oxygens (including phenoxy) is 2. The van der Waals surface area contributed by atoms with Crippen molar-refractivity contribution in [2.75, 3.05) is 37.8 Å². The van der Waals surface area contributed by atoms with Crippen LogP contribution in [0, 0.1) is 0 Å². The van der Waals surface area contributed by atoms with E-state index in [4.69, 9.17) is 26.1 Å². The lowest BCUT2D eigenvalue weighted by atomic mass is 9.80. The molecule has 242 valence electrons. The monoisotopic (exact) mass is 648 g/mol. The highest BCUT2D eigenvalue weighted by Crippen LogP contribution is 2.36. The molecule has 0 bridgehead atoms. The van der Waals surface area contributed by atoms with Gasteiger partial charge in [-0.3, -0.25) is 14.6 Å². The highest BCUT2D eigenvalue weighted by atomic mass is 35.5. The average Bonchev–Trinajstić information content (AvgIpc) is 3.37. The van der Waals surface area contributed by atoms with E-state index in [1.54, 1.807) is 0 Å². The van der Waals surface area contributed by atoms with Gasteiger partial charge in [-0.05, 0) is 61.8 Å². The van der Waals surface area contributed by atoms with Crippen molar-refractivity contribution in [1.82, 2.24) is 21.5 Å². The molecule has 2 amide bonds. The van der Waals surface area contributed by atoms with E-state index in [1.165, 1.54) is 24.3 Å². The summed E-state index contributed by atoms with van der Waals surface area (Å²) in [5.41, 5.74) is 10.8. The third kappa shape index (κ3) is 8.05. The van der Waals surface area contributed by atoms with E-state index in [1.807, 2.05) is 49.4 Å². The van der Waals surface area contributed by atoms with E-state index in [2.05, 4.69) is 33.3 Å². The molecule has 46 heavy (non-hydrogen) atoms. The molecule has 3 aromatic carbocycles. The van der Waals surface area contributed by atoms with Gasteiger partial charge in [-0.25, -0.2) is 10.9 Å². The second kappa shape index (κ2) is 15.5. The molecule has 1 fully saturated rings. The van der Waals surface area contributed by atoms with Crippen LogP contribution in [0.25, 0.3) is 0 Å². The van der Waals surface area contributed by atoms with Crippen molar-refractivity contribution in [2.45, 2.75) is 38.6 Å². The molecule has 2 heterocycles. The van der Waals surface area contributed by atoms with Crippen molar-refractivity contribution in [2.24, 2.45) is 4.99 Å². The first-order valence-electron chi connectivity index (χ1n) is 15.2. The Balaban J connectivity index is 1.24. The van der Waals surface area contributed by atoms with E-state index < -0.39 is 7.12 Å². The molecule has 1 saturated heterocycles. The van der Waals surface area contributed by atoms with Crippen LogP contribution in [-0.2, 0) is 9.53 Å². The van der Waals surface area contributed by atoms with Crippen molar-refractivity contribution in [1.29, 1.82) is 0 Å². The summed E-state index contributed by atoms with van der Waals surface area (Å²) in [6, 6.07) is 19.0. The Morgan fingerprint density at radius 2 is 1.76 bits per heavy atom. The lowest BCUT2D eigenvalue weighted by Crippen LogP contribution is -2.47. The van der Waals surface area contributed by atoms with Gasteiger partial charge in [0.2, 0.25) is 5.91 Å². The second-order valence-electron chi connectivity index (χ2n) is 10.9. The van der Waals surface area contributed by atoms with Gasteiger partial charge < -0.3 is 35.1 Å². The predicted octanol–water partition coefficient (Wildman–Crippen LogP) is 1.18. The number of amides is 2. The van der Waals surface area contributed by atoms with E-state index in [0.29, 0.717) is 48.1 Å². The second-order valence-corrected chi connectivity index (χ2v) is 11.4. The standard InChI is InChI=1S/C32H38BClN6O6/c1-3-35-29(41)19-27-31-39-38-20(2)40(31)28-13-12-25(18-26(28)30(37-27)21-6-10-24(34)11-7-21)46-17-16-45-15-14-36-32(42)22-4-8-23(9-5-22)33(43)44/h4-13,18,20,27,31,38-39,43-44H,3,14-17,19H2,1-2H3,(H,35,41)(H,36,42)/t20?,27-,31?/m0/s1. The van der Waals surface area contributed by atoms with Crippen LogP contribution in [-0.4, -0.2) is 86.0 Å². The minimum Gasteiger partial charge on any atom is -0.491 e. The number of rotatable bonds is 13. The lowest BCUT2D eigenvalue weighted by Gasteiger charge is -2.31. The number of halogens is 1. The van der Waals surface area contributed by atoms with Crippen LogP contribution in [0.5, 0.6) is 5.75 Å². The van der Waals surface area contributed by atoms with Gasteiger partial charge in [0.05, 0.1) is 37.6 Å². The summed E-state index contributed by atoms with van der Waals surface area (Å²) < 4.78 is 11.7. The quantitative estimate of drug-likeness (QED) is 0.118. The van der Waals surface area contributed by atoms with Crippen LogP contribution < -0.4 is 36.6 Å². The van der Waals surface area contributed by atoms with Crippen molar-refractivity contribution in [3.8, 4) is 5.75 Å². The fourth-order valence-electron chi connectivity index (χ4n) is 5.47. The van der Waals surface area contributed by atoms with Gasteiger partial charge in [-0.1, -0.05) is 35.9 Å². The maximum absolute atomic E-state index is 12.7. The molecule has 3 aromatic rings. The molecule has 0 spiro atoms. The molecule has 12 nitrogen and oxygen atoms in total. The van der Waals surface area contributed by atoms with Gasteiger partial charge in [0.25, 0.3) is 5.91 Å². The molecule has 0 saturated carbocycles. The van der Waals surface area contributed by atoms with Gasteiger partial charge in [-0.15, -0.1) is 0 Å². The van der Waals surface area contributed by atoms with Crippen LogP contribution in [0.4, 0.5) is 5.69 Å². The van der Waals surface area contributed by atoms with Crippen LogP contribution in [0.2, 0.25) is 5.02 Å². The van der Waals surface area contributed by atoms with E-state index in [0.717, 1.165) is 22.5 Å². The third-order valence-electron chi connectivity index (χ3n) is 7.70. The van der Waals surface area contributed by atoms with Crippen molar-refractivity contribution < 1.29 is 29.1 Å². The SMILES string of the molecule is CCNC(=O)C[C@@H]1N=C(c2ccc(Cl)cc2)c2cc(OCCOCCNC(=O)c3ccc(B(O)O)cc3)ccc2N2C(C)NNC12. The van der Waals surface area contributed by atoms with Crippen LogP contribution in [0.1, 0.15) is 41.8 Å². The van der Waals surface area contributed by atoms with Gasteiger partial charge in [0.1, 0.15) is 18.5 Å². The third-order valence-corrected chi connectivity index (χ3v) is 7.96. The molecule has 0 radical (unpaired) electrons. The number of hydrogen-bond acceptors (Lipinski definition) is 10. The Morgan fingerprint density at radius 3 is 2.48 bits per heavy atom. The number of fused-ring (bicyclic) bond motifs is 3. The van der Waals surface area contributed by atoms with E-state index in [9.17, 15) is 19.6 Å². The fourth-order valence-corrected chi connectivity index (χ4v) is 5.60. The number of carbonyl (C=O) groups is 2. The van der Waals surface area contributed by atoms with Gasteiger partial charge in [0.15, 0.2) is 0 Å². The molecular weight excluding hydrogens is 611 g/mol. The maximum Gasteiger partial charge on any atom is 0.488 e. The Hall–Kier alpha value is -3.98. The first-order chi connectivity index (χ1) is 22.2. The largest absolute Gasteiger partial charge is 0.491 e. The first-order valence-corrected chi connectivity index (χ1v) is 15.6. The highest BCUT2D eigenvalue weighted by molar-refractivity contribution is 6.58. The van der Waals surface area contributed by atoms with Crippen molar-refractivity contribution >= 4 is 47.4 Å². The van der Waals surface area contributed by atoms with Crippen molar-refractivity contribution in [3.63, 3.8) is 0 Å². The number of hydrazine groups is 1. The molecule has 6 N–H and O–H groups in total. The number of anilines is 1. The first kappa shape index (κ1) is 33.4. The summed E-state index contributed by atoms with van der Waals surface area (Å²) in [6.07, 6.45) is -0.105. The van der Waals surface area contributed by atoms with Crippen LogP contribution in [0.15, 0.2) is 71.7 Å². The maximum atomic E-state index is 12.7.